The van der Waals surface area contributed by atoms with Crippen LogP contribution in [0.4, 0.5) is 0 Å². The van der Waals surface area contributed by atoms with Crippen molar-refractivity contribution in [3.63, 3.8) is 0 Å². The van der Waals surface area contributed by atoms with Gasteiger partial charge in [0.15, 0.2) is 0 Å². The van der Waals surface area contributed by atoms with Gasteiger partial charge in [0.05, 0.1) is 6.61 Å². The van der Waals surface area contributed by atoms with Gasteiger partial charge in [-0.2, -0.15) is 0 Å². The van der Waals surface area contributed by atoms with Gasteiger partial charge >= 0.3 is 0 Å². The minimum atomic E-state index is 0.417. The Balaban J connectivity index is 1.88. The molecule has 0 aromatic rings. The van der Waals surface area contributed by atoms with E-state index in [-0.39, 0.29) is 0 Å². The molecule has 0 radical (unpaired) electrons. The lowest BCUT2D eigenvalue weighted by Crippen LogP contribution is -2.29. The highest BCUT2D eigenvalue weighted by Crippen LogP contribution is 2.17. The monoisotopic (exact) mass is 239 g/mol. The molecule has 0 unspecified atom stereocenters. The molecule has 100 valence electrons. The number of ether oxygens (including phenoxy) is 1. The molecule has 0 saturated carbocycles. The van der Waals surface area contributed by atoms with Crippen LogP contribution in [0.2, 0.25) is 0 Å². The largest absolute Gasteiger partial charge is 0.362 e. The molecule has 1 atom stereocenters. The summed E-state index contributed by atoms with van der Waals surface area (Å²) in [6.45, 7) is 9.16. The number of allylic oxidation sites excluding steroid dienone is 1. The quantitative estimate of drug-likeness (QED) is 0.422. The second-order valence-electron chi connectivity index (χ2n) is 4.94. The van der Waals surface area contributed by atoms with Gasteiger partial charge in [0, 0.05) is 6.54 Å². The Bertz CT molecular complexity index is 193. The molecule has 1 aliphatic heterocycles. The van der Waals surface area contributed by atoms with Gasteiger partial charge in [-0.25, -0.2) is 0 Å². The van der Waals surface area contributed by atoms with E-state index in [4.69, 9.17) is 4.74 Å². The lowest BCUT2D eigenvalue weighted by molar-refractivity contribution is 0.0277. The number of likely N-dealkylation sites (N-methyl/N-ethyl adjacent to an activating group) is 1. The topological polar surface area (TPSA) is 12.5 Å². The Labute approximate surface area is 107 Å². The summed E-state index contributed by atoms with van der Waals surface area (Å²) in [6.07, 6.45) is 13.0. The summed E-state index contributed by atoms with van der Waals surface area (Å²) in [5, 5.41) is 0. The van der Waals surface area contributed by atoms with E-state index in [9.17, 15) is 0 Å². The second-order valence-corrected chi connectivity index (χ2v) is 4.94. The van der Waals surface area contributed by atoms with E-state index in [0.717, 1.165) is 19.7 Å². The molecule has 1 heterocycles. The fourth-order valence-corrected chi connectivity index (χ4v) is 2.50. The van der Waals surface area contributed by atoms with Gasteiger partial charge < -0.3 is 4.74 Å². The van der Waals surface area contributed by atoms with Crippen LogP contribution in [0.25, 0.3) is 0 Å². The van der Waals surface area contributed by atoms with Gasteiger partial charge in [-0.15, -0.1) is 6.58 Å². The molecule has 1 fully saturated rings. The van der Waals surface area contributed by atoms with Crippen LogP contribution in [0.3, 0.4) is 0 Å². The SMILES string of the molecule is C=CCCCCCCCC[C@@H]1OCCN1CC. The first-order chi connectivity index (χ1) is 8.38. The fourth-order valence-electron chi connectivity index (χ4n) is 2.50. The molecule has 1 rings (SSSR count). The van der Waals surface area contributed by atoms with Crippen molar-refractivity contribution in [1.82, 2.24) is 4.90 Å². The van der Waals surface area contributed by atoms with E-state index >= 15 is 0 Å². The normalized spacial score (nSPS) is 20.9. The Kier molecular flexibility index (Phi) is 8.37. The summed E-state index contributed by atoms with van der Waals surface area (Å²) < 4.78 is 5.73. The molecule has 0 aromatic heterocycles. The molecule has 0 aromatic carbocycles. The first kappa shape index (κ1) is 14.7. The zero-order valence-corrected chi connectivity index (χ0v) is 11.5. The van der Waals surface area contributed by atoms with Crippen molar-refractivity contribution in [1.29, 1.82) is 0 Å². The summed E-state index contributed by atoms with van der Waals surface area (Å²) in [6, 6.07) is 0. The molecule has 0 N–H and O–H groups in total. The number of unbranched alkanes of at least 4 members (excludes halogenated alkanes) is 6. The smallest absolute Gasteiger partial charge is 0.110 e. The van der Waals surface area contributed by atoms with Crippen LogP contribution in [0.5, 0.6) is 0 Å². The highest BCUT2D eigenvalue weighted by Gasteiger charge is 2.22. The van der Waals surface area contributed by atoms with Crippen LogP contribution in [0.1, 0.15) is 58.3 Å². The second kappa shape index (κ2) is 9.67. The van der Waals surface area contributed by atoms with Crippen molar-refractivity contribution in [2.75, 3.05) is 19.7 Å². The molecule has 2 nitrogen and oxygen atoms in total. The first-order valence-electron chi connectivity index (χ1n) is 7.35. The number of hydrogen-bond acceptors (Lipinski definition) is 2. The standard InChI is InChI=1S/C15H29NO/c1-3-5-6-7-8-9-10-11-12-15-16(4-2)13-14-17-15/h3,15H,1,4-14H2,2H3/t15-/m0/s1. The molecule has 2 heteroatoms. The van der Waals surface area contributed by atoms with Crippen molar-refractivity contribution in [3.05, 3.63) is 12.7 Å². The number of nitrogens with zero attached hydrogens (tertiary/aromatic N) is 1. The van der Waals surface area contributed by atoms with Gasteiger partial charge in [0.25, 0.3) is 0 Å². The lowest BCUT2D eigenvalue weighted by Gasteiger charge is -2.20. The van der Waals surface area contributed by atoms with Crippen LogP contribution >= 0.6 is 0 Å². The van der Waals surface area contributed by atoms with E-state index in [0.29, 0.717) is 6.23 Å². The average molecular weight is 239 g/mol. The van der Waals surface area contributed by atoms with Gasteiger partial charge in [0.2, 0.25) is 0 Å². The Morgan fingerprint density at radius 3 is 2.59 bits per heavy atom. The van der Waals surface area contributed by atoms with E-state index in [2.05, 4.69) is 18.4 Å². The average Bonchev–Trinajstić information content (AvgIpc) is 2.80. The molecule has 0 amide bonds. The van der Waals surface area contributed by atoms with Crippen LogP contribution in [-0.2, 0) is 4.74 Å². The minimum Gasteiger partial charge on any atom is -0.362 e. The summed E-state index contributed by atoms with van der Waals surface area (Å²) in [4.78, 5) is 2.45. The van der Waals surface area contributed by atoms with Crippen molar-refractivity contribution in [2.24, 2.45) is 0 Å². The van der Waals surface area contributed by atoms with Crippen LogP contribution in [-0.4, -0.2) is 30.8 Å². The van der Waals surface area contributed by atoms with Crippen molar-refractivity contribution in [3.8, 4) is 0 Å². The number of rotatable bonds is 10. The van der Waals surface area contributed by atoms with Crippen molar-refractivity contribution in [2.45, 2.75) is 64.5 Å². The third-order valence-electron chi connectivity index (χ3n) is 3.61. The van der Waals surface area contributed by atoms with Gasteiger partial charge in [-0.05, 0) is 32.2 Å². The highest BCUT2D eigenvalue weighted by molar-refractivity contribution is 4.68. The summed E-state index contributed by atoms with van der Waals surface area (Å²) in [5.41, 5.74) is 0. The first-order valence-corrected chi connectivity index (χ1v) is 7.35. The van der Waals surface area contributed by atoms with Gasteiger partial charge in [-0.3, -0.25) is 4.90 Å². The third-order valence-corrected chi connectivity index (χ3v) is 3.61. The molecule has 0 spiro atoms. The molecular formula is C15H29NO. The summed E-state index contributed by atoms with van der Waals surface area (Å²) in [7, 11) is 0. The van der Waals surface area contributed by atoms with Crippen LogP contribution in [0, 0.1) is 0 Å². The molecule has 1 saturated heterocycles. The predicted octanol–water partition coefficient (Wildman–Crippen LogP) is 3.97. The highest BCUT2D eigenvalue weighted by atomic mass is 16.5. The van der Waals surface area contributed by atoms with Gasteiger partial charge in [-0.1, -0.05) is 38.7 Å². The molecule has 0 bridgehead atoms. The molecular weight excluding hydrogens is 210 g/mol. The maximum absolute atomic E-state index is 5.73. The predicted molar refractivity (Wildman–Crippen MR) is 74.1 cm³/mol. The molecule has 0 aliphatic carbocycles. The Morgan fingerprint density at radius 1 is 1.18 bits per heavy atom. The third kappa shape index (κ3) is 6.23. The Morgan fingerprint density at radius 2 is 1.88 bits per heavy atom. The number of hydrogen-bond donors (Lipinski definition) is 0. The summed E-state index contributed by atoms with van der Waals surface area (Å²) in [5.74, 6) is 0. The van der Waals surface area contributed by atoms with E-state index in [1.54, 1.807) is 0 Å². The van der Waals surface area contributed by atoms with Crippen molar-refractivity contribution >= 4 is 0 Å². The van der Waals surface area contributed by atoms with Gasteiger partial charge in [0.1, 0.15) is 6.23 Å². The molecule has 1 aliphatic rings. The van der Waals surface area contributed by atoms with E-state index < -0.39 is 0 Å². The van der Waals surface area contributed by atoms with Crippen LogP contribution in [0.15, 0.2) is 12.7 Å². The van der Waals surface area contributed by atoms with E-state index in [1.165, 1.54) is 51.4 Å². The summed E-state index contributed by atoms with van der Waals surface area (Å²) >= 11 is 0. The maximum Gasteiger partial charge on any atom is 0.110 e. The zero-order valence-electron chi connectivity index (χ0n) is 11.5. The molecule has 17 heavy (non-hydrogen) atoms. The lowest BCUT2D eigenvalue weighted by atomic mass is 10.1. The zero-order chi connectivity index (χ0) is 12.3. The van der Waals surface area contributed by atoms with E-state index in [1.807, 2.05) is 6.08 Å². The van der Waals surface area contributed by atoms with Crippen LogP contribution < -0.4 is 0 Å². The fraction of sp³-hybridized carbons (Fsp3) is 0.867. The Hall–Kier alpha value is -0.340. The maximum atomic E-state index is 5.73. The van der Waals surface area contributed by atoms with Crippen molar-refractivity contribution < 1.29 is 4.74 Å². The minimum absolute atomic E-state index is 0.417.